The number of rotatable bonds is 4. The summed E-state index contributed by atoms with van der Waals surface area (Å²) in [6.07, 6.45) is 1.10. The first-order chi connectivity index (χ1) is 8.43. The molecular weight excluding hydrogens is 236 g/mol. The third-order valence-corrected chi connectivity index (χ3v) is 2.14. The first-order valence-corrected chi connectivity index (χ1v) is 5.56. The van der Waals surface area contributed by atoms with Gasteiger partial charge in [0.25, 0.3) is 11.5 Å². The average Bonchev–Trinajstić information content (AvgIpc) is 2.30. The van der Waals surface area contributed by atoms with Gasteiger partial charge in [0, 0.05) is 19.3 Å². The maximum Gasteiger partial charge on any atom is 0.326 e. The Hall–Kier alpha value is -2.11. The van der Waals surface area contributed by atoms with Gasteiger partial charge in [-0.3, -0.25) is 14.4 Å². The van der Waals surface area contributed by atoms with Crippen LogP contribution in [0.25, 0.3) is 0 Å². The van der Waals surface area contributed by atoms with Gasteiger partial charge in [-0.05, 0) is 19.9 Å². The van der Waals surface area contributed by atoms with Crippen LogP contribution >= 0.6 is 0 Å². The van der Waals surface area contributed by atoms with Crippen LogP contribution in [0.3, 0.4) is 0 Å². The molecule has 0 fully saturated rings. The lowest BCUT2D eigenvalue weighted by Gasteiger charge is -2.10. The summed E-state index contributed by atoms with van der Waals surface area (Å²) >= 11 is 0. The van der Waals surface area contributed by atoms with Gasteiger partial charge in [-0.25, -0.2) is 0 Å². The number of hydrogen-bond donors (Lipinski definition) is 1. The molecule has 6 nitrogen and oxygen atoms in total. The fourth-order valence-corrected chi connectivity index (χ4v) is 1.37. The molecule has 0 saturated heterocycles. The molecular formula is C12H16N2O4. The maximum atomic E-state index is 11.5. The number of carbonyl (C=O) groups excluding carboxylic acids is 2. The lowest BCUT2D eigenvalue weighted by atomic mass is 10.2. The van der Waals surface area contributed by atoms with Gasteiger partial charge in [-0.2, -0.15) is 0 Å². The quantitative estimate of drug-likeness (QED) is 0.774. The van der Waals surface area contributed by atoms with Crippen LogP contribution in [0.5, 0.6) is 0 Å². The topological polar surface area (TPSA) is 77.4 Å². The average molecular weight is 252 g/mol. The Balaban J connectivity index is 2.91. The molecule has 0 atom stereocenters. The number of ether oxygens (including phenoxy) is 1. The molecule has 0 aliphatic rings. The van der Waals surface area contributed by atoms with Gasteiger partial charge < -0.3 is 14.6 Å². The zero-order valence-corrected chi connectivity index (χ0v) is 10.6. The normalized spacial score (nSPS) is 10.2. The Morgan fingerprint density at radius 3 is 2.61 bits per heavy atom. The summed E-state index contributed by atoms with van der Waals surface area (Å²) in [5.74, 6) is -0.831. The van der Waals surface area contributed by atoms with Crippen molar-refractivity contribution in [3.05, 3.63) is 34.2 Å². The molecule has 1 rings (SSSR count). The molecule has 0 aromatic carbocycles. The third-order valence-electron chi connectivity index (χ3n) is 2.14. The van der Waals surface area contributed by atoms with E-state index in [-0.39, 0.29) is 24.1 Å². The molecule has 1 aromatic heterocycles. The number of pyridine rings is 1. The SMILES string of the molecule is CNC(=O)c1ccc(=O)n(CC(=O)OC(C)C)c1. The van der Waals surface area contributed by atoms with Crippen molar-refractivity contribution < 1.29 is 14.3 Å². The summed E-state index contributed by atoms with van der Waals surface area (Å²) in [7, 11) is 1.49. The van der Waals surface area contributed by atoms with E-state index in [2.05, 4.69) is 5.32 Å². The highest BCUT2D eigenvalue weighted by molar-refractivity contribution is 5.93. The molecule has 98 valence electrons. The first-order valence-electron chi connectivity index (χ1n) is 5.56. The van der Waals surface area contributed by atoms with Crippen molar-refractivity contribution in [1.82, 2.24) is 9.88 Å². The molecule has 0 aliphatic carbocycles. The molecule has 0 spiro atoms. The van der Waals surface area contributed by atoms with Crippen molar-refractivity contribution in [2.75, 3.05) is 7.05 Å². The molecule has 1 amide bonds. The van der Waals surface area contributed by atoms with Gasteiger partial charge in [-0.1, -0.05) is 0 Å². The largest absolute Gasteiger partial charge is 0.462 e. The minimum atomic E-state index is -0.513. The summed E-state index contributed by atoms with van der Waals surface area (Å²) in [6, 6.07) is 2.65. The Labute approximate surface area is 105 Å². The molecule has 0 saturated carbocycles. The Morgan fingerprint density at radius 1 is 1.39 bits per heavy atom. The number of carbonyl (C=O) groups is 2. The molecule has 0 radical (unpaired) electrons. The second kappa shape index (κ2) is 6.00. The molecule has 0 unspecified atom stereocenters. The van der Waals surface area contributed by atoms with Gasteiger partial charge in [0.15, 0.2) is 0 Å². The second-order valence-electron chi connectivity index (χ2n) is 4.00. The minimum absolute atomic E-state index is 0.207. The monoisotopic (exact) mass is 252 g/mol. The molecule has 0 aliphatic heterocycles. The zero-order valence-electron chi connectivity index (χ0n) is 10.6. The van der Waals surface area contributed by atoms with Gasteiger partial charge in [0.2, 0.25) is 0 Å². The first kappa shape index (κ1) is 14.0. The van der Waals surface area contributed by atoms with Crippen LogP contribution < -0.4 is 10.9 Å². The van der Waals surface area contributed by atoms with E-state index < -0.39 is 5.97 Å². The number of hydrogen-bond acceptors (Lipinski definition) is 4. The van der Waals surface area contributed by atoms with E-state index in [9.17, 15) is 14.4 Å². The lowest BCUT2D eigenvalue weighted by molar-refractivity contribution is -0.148. The van der Waals surface area contributed by atoms with Crippen molar-refractivity contribution >= 4 is 11.9 Å². The van der Waals surface area contributed by atoms with Crippen LogP contribution in [0.15, 0.2) is 23.1 Å². The molecule has 1 N–H and O–H groups in total. The predicted molar refractivity (Wildman–Crippen MR) is 65.3 cm³/mol. The van der Waals surface area contributed by atoms with Gasteiger partial charge in [0.05, 0.1) is 11.7 Å². The summed E-state index contributed by atoms with van der Waals surface area (Å²) in [6.45, 7) is 3.24. The Bertz CT molecular complexity index is 505. The third kappa shape index (κ3) is 3.73. The molecule has 18 heavy (non-hydrogen) atoms. The van der Waals surface area contributed by atoms with Crippen molar-refractivity contribution in [3.8, 4) is 0 Å². The summed E-state index contributed by atoms with van der Waals surface area (Å²) in [5.41, 5.74) is -0.0437. The van der Waals surface area contributed by atoms with Gasteiger partial charge in [0.1, 0.15) is 6.54 Å². The highest BCUT2D eigenvalue weighted by Gasteiger charge is 2.10. The number of amides is 1. The van der Waals surface area contributed by atoms with E-state index in [1.165, 1.54) is 25.4 Å². The van der Waals surface area contributed by atoms with E-state index in [1.807, 2.05) is 0 Å². The van der Waals surface area contributed by atoms with Crippen LogP contribution in [0.2, 0.25) is 0 Å². The van der Waals surface area contributed by atoms with Gasteiger partial charge in [-0.15, -0.1) is 0 Å². The van der Waals surface area contributed by atoms with Crippen molar-refractivity contribution in [1.29, 1.82) is 0 Å². The van der Waals surface area contributed by atoms with Crippen LogP contribution in [0, 0.1) is 0 Å². The molecule has 1 aromatic rings. The fraction of sp³-hybridized carbons (Fsp3) is 0.417. The van der Waals surface area contributed by atoms with Crippen LogP contribution in [-0.2, 0) is 16.1 Å². The van der Waals surface area contributed by atoms with E-state index >= 15 is 0 Å². The number of nitrogens with one attached hydrogen (secondary N) is 1. The maximum absolute atomic E-state index is 11.5. The number of nitrogens with zero attached hydrogens (tertiary/aromatic N) is 1. The number of aromatic nitrogens is 1. The molecule has 6 heteroatoms. The second-order valence-corrected chi connectivity index (χ2v) is 4.00. The van der Waals surface area contributed by atoms with Crippen molar-refractivity contribution in [3.63, 3.8) is 0 Å². The summed E-state index contributed by atoms with van der Waals surface area (Å²) in [5, 5.41) is 2.44. The van der Waals surface area contributed by atoms with Crippen molar-refractivity contribution in [2.45, 2.75) is 26.5 Å². The van der Waals surface area contributed by atoms with E-state index in [0.29, 0.717) is 5.56 Å². The van der Waals surface area contributed by atoms with E-state index in [4.69, 9.17) is 4.74 Å². The van der Waals surface area contributed by atoms with E-state index in [1.54, 1.807) is 13.8 Å². The molecule has 1 heterocycles. The Kier molecular flexibility index (Phi) is 4.65. The smallest absolute Gasteiger partial charge is 0.326 e. The zero-order chi connectivity index (χ0) is 13.7. The van der Waals surface area contributed by atoms with Crippen LogP contribution in [0.4, 0.5) is 0 Å². The fourth-order valence-electron chi connectivity index (χ4n) is 1.37. The summed E-state index contributed by atoms with van der Waals surface area (Å²) in [4.78, 5) is 34.4. The highest BCUT2D eigenvalue weighted by atomic mass is 16.5. The van der Waals surface area contributed by atoms with Gasteiger partial charge >= 0.3 is 5.97 Å². The minimum Gasteiger partial charge on any atom is -0.462 e. The van der Waals surface area contributed by atoms with Crippen LogP contribution in [-0.4, -0.2) is 29.6 Å². The number of esters is 1. The van der Waals surface area contributed by atoms with E-state index in [0.717, 1.165) is 4.57 Å². The van der Waals surface area contributed by atoms with Crippen molar-refractivity contribution in [2.24, 2.45) is 0 Å². The summed E-state index contributed by atoms with van der Waals surface area (Å²) < 4.78 is 6.08. The predicted octanol–water partition coefficient (Wildman–Crippen LogP) is 0.159. The Morgan fingerprint density at radius 2 is 2.06 bits per heavy atom. The lowest BCUT2D eigenvalue weighted by Crippen LogP contribution is -2.28. The van der Waals surface area contributed by atoms with Crippen LogP contribution in [0.1, 0.15) is 24.2 Å². The molecule has 0 bridgehead atoms. The standard InChI is InChI=1S/C12H16N2O4/c1-8(2)18-11(16)7-14-6-9(12(17)13-3)4-5-10(14)15/h4-6,8H,7H2,1-3H3,(H,13,17). The highest BCUT2D eigenvalue weighted by Crippen LogP contribution is 1.97.